The number of imidazole rings is 1. The monoisotopic (exact) mass is 406 g/mol. The molecule has 1 aliphatic carbocycles. The lowest BCUT2D eigenvalue weighted by molar-refractivity contribution is -0.142. The van der Waals surface area contributed by atoms with E-state index in [1.807, 2.05) is 0 Å². The highest BCUT2D eigenvalue weighted by atomic mass is 19.4. The van der Waals surface area contributed by atoms with Crippen LogP contribution in [-0.4, -0.2) is 42.4 Å². The highest BCUT2D eigenvalue weighted by molar-refractivity contribution is 5.58. The van der Waals surface area contributed by atoms with Gasteiger partial charge >= 0.3 is 6.18 Å². The molecule has 0 aromatic carbocycles. The first kappa shape index (κ1) is 19.2. The molecule has 0 atom stereocenters. The fourth-order valence-electron chi connectivity index (χ4n) is 3.05. The van der Waals surface area contributed by atoms with E-state index in [0.29, 0.717) is 29.8 Å². The molecule has 154 valence electrons. The van der Waals surface area contributed by atoms with Gasteiger partial charge in [-0.1, -0.05) is 0 Å². The predicted molar refractivity (Wildman–Crippen MR) is 101 cm³/mol. The van der Waals surface area contributed by atoms with Gasteiger partial charge in [-0.05, 0) is 25.7 Å². The number of H-pyrrole nitrogens is 1. The Morgan fingerprint density at radius 2 is 2.10 bits per heavy atom. The Hall–Kier alpha value is -3.11. The molecule has 4 rings (SSSR count). The van der Waals surface area contributed by atoms with Gasteiger partial charge in [-0.25, -0.2) is 9.97 Å². The topological polar surface area (TPSA) is 96.3 Å². The van der Waals surface area contributed by atoms with Gasteiger partial charge in [0.15, 0.2) is 0 Å². The van der Waals surface area contributed by atoms with Crippen molar-refractivity contribution in [3.05, 3.63) is 41.9 Å². The van der Waals surface area contributed by atoms with Crippen molar-refractivity contribution in [1.82, 2.24) is 29.7 Å². The molecule has 0 aliphatic heterocycles. The number of hydrogen-bond acceptors (Lipinski definition) is 6. The highest BCUT2D eigenvalue weighted by Crippen LogP contribution is 2.42. The average molecular weight is 406 g/mol. The Morgan fingerprint density at radius 1 is 1.28 bits per heavy atom. The van der Waals surface area contributed by atoms with E-state index >= 15 is 0 Å². The summed E-state index contributed by atoms with van der Waals surface area (Å²) in [6, 6.07) is 0. The molecule has 3 aromatic rings. The molecule has 1 fully saturated rings. The summed E-state index contributed by atoms with van der Waals surface area (Å²) in [4.78, 5) is 16.0. The molecule has 8 nitrogen and oxygen atoms in total. The molecule has 0 unspecified atom stereocenters. The Kier molecular flexibility index (Phi) is 5.12. The van der Waals surface area contributed by atoms with Gasteiger partial charge in [0, 0.05) is 42.8 Å². The van der Waals surface area contributed by atoms with Crippen LogP contribution in [0.2, 0.25) is 0 Å². The largest absolute Gasteiger partial charge is 0.408 e. The summed E-state index contributed by atoms with van der Waals surface area (Å²) in [6.45, 7) is 1.16. The van der Waals surface area contributed by atoms with Crippen molar-refractivity contribution in [3.63, 3.8) is 0 Å². The summed E-state index contributed by atoms with van der Waals surface area (Å²) in [5.74, 6) is 1.51. The Morgan fingerprint density at radius 3 is 2.79 bits per heavy atom. The number of alkyl halides is 3. The van der Waals surface area contributed by atoms with Crippen LogP contribution in [0.5, 0.6) is 0 Å². The smallest absolute Gasteiger partial charge is 0.369 e. The van der Waals surface area contributed by atoms with E-state index < -0.39 is 12.7 Å². The van der Waals surface area contributed by atoms with Gasteiger partial charge in [0.05, 0.1) is 17.7 Å². The summed E-state index contributed by atoms with van der Waals surface area (Å²) >= 11 is 0. The molecule has 1 aliphatic rings. The van der Waals surface area contributed by atoms with E-state index in [2.05, 4.69) is 35.7 Å². The second-order valence-corrected chi connectivity index (χ2v) is 7.09. The van der Waals surface area contributed by atoms with E-state index in [0.717, 1.165) is 41.0 Å². The molecular weight excluding hydrogens is 385 g/mol. The predicted octanol–water partition coefficient (Wildman–Crippen LogP) is 3.54. The first-order valence-electron chi connectivity index (χ1n) is 9.33. The third kappa shape index (κ3) is 5.04. The fraction of sp³-hybridized carbons (Fsp3) is 0.444. The molecule has 0 spiro atoms. The number of hydrogen-bond donors (Lipinski definition) is 3. The maximum atomic E-state index is 12.6. The van der Waals surface area contributed by atoms with E-state index in [1.165, 1.54) is 6.20 Å². The highest BCUT2D eigenvalue weighted by Gasteiger charge is 2.29. The number of anilines is 3. The lowest BCUT2D eigenvalue weighted by Gasteiger charge is -2.12. The van der Waals surface area contributed by atoms with Crippen molar-refractivity contribution in [2.24, 2.45) is 0 Å². The van der Waals surface area contributed by atoms with Crippen molar-refractivity contribution < 1.29 is 13.2 Å². The van der Waals surface area contributed by atoms with Gasteiger partial charge < -0.3 is 15.6 Å². The van der Waals surface area contributed by atoms with Crippen LogP contribution >= 0.6 is 0 Å². The molecule has 3 aromatic heterocycles. The van der Waals surface area contributed by atoms with Crippen LogP contribution in [0.3, 0.4) is 0 Å². The lowest BCUT2D eigenvalue weighted by Crippen LogP contribution is -2.17. The van der Waals surface area contributed by atoms with E-state index in [-0.39, 0.29) is 0 Å². The van der Waals surface area contributed by atoms with Gasteiger partial charge in [-0.15, -0.1) is 0 Å². The minimum absolute atomic E-state index is 0.313. The number of aromatic amines is 1. The Bertz CT molecular complexity index is 960. The zero-order valence-electron chi connectivity index (χ0n) is 15.8. The maximum absolute atomic E-state index is 12.6. The normalized spacial score (nSPS) is 14.2. The minimum atomic E-state index is -4.33. The molecule has 0 amide bonds. The van der Waals surface area contributed by atoms with Crippen LogP contribution in [0.15, 0.2) is 24.9 Å². The average Bonchev–Trinajstić information content (AvgIpc) is 3.25. The molecule has 3 heterocycles. The summed E-state index contributed by atoms with van der Waals surface area (Å²) in [5, 5.41) is 10.2. The van der Waals surface area contributed by atoms with Crippen molar-refractivity contribution in [2.45, 2.75) is 44.8 Å². The standard InChI is InChI=1S/C18H21F3N8/c1-11-15(8-29(28-11)9-18(19,20)21)26-17-24-7-14(12-2-3-12)16(27-17)23-5-4-13-6-22-10-25-13/h6-8,10,12H,2-5,9H2,1H3,(H,22,25)(H2,23,24,26,27). The number of nitrogens with zero attached hydrogens (tertiary/aromatic N) is 5. The van der Waals surface area contributed by atoms with Crippen LogP contribution in [0, 0.1) is 6.92 Å². The van der Waals surface area contributed by atoms with Gasteiger partial charge in [0.2, 0.25) is 5.95 Å². The Balaban J connectivity index is 1.47. The third-order valence-corrected chi connectivity index (χ3v) is 4.61. The van der Waals surface area contributed by atoms with Gasteiger partial charge in [0.1, 0.15) is 12.4 Å². The van der Waals surface area contributed by atoms with Crippen LogP contribution in [-0.2, 0) is 13.0 Å². The molecule has 1 saturated carbocycles. The fourth-order valence-corrected chi connectivity index (χ4v) is 3.05. The quantitative estimate of drug-likeness (QED) is 0.530. The summed E-state index contributed by atoms with van der Waals surface area (Å²) in [7, 11) is 0. The Labute approximate surface area is 165 Å². The molecule has 3 N–H and O–H groups in total. The number of aryl methyl sites for hydroxylation is 1. The van der Waals surface area contributed by atoms with E-state index in [1.54, 1.807) is 25.6 Å². The van der Waals surface area contributed by atoms with E-state index in [4.69, 9.17) is 0 Å². The van der Waals surface area contributed by atoms with Crippen LogP contribution in [0.1, 0.15) is 35.7 Å². The van der Waals surface area contributed by atoms with Gasteiger partial charge in [0.25, 0.3) is 0 Å². The van der Waals surface area contributed by atoms with Crippen molar-refractivity contribution in [1.29, 1.82) is 0 Å². The number of nitrogens with one attached hydrogen (secondary N) is 3. The first-order chi connectivity index (χ1) is 13.9. The van der Waals surface area contributed by atoms with Gasteiger partial charge in [-0.3, -0.25) is 4.68 Å². The second kappa shape index (κ2) is 7.72. The number of halogens is 3. The van der Waals surface area contributed by atoms with E-state index in [9.17, 15) is 13.2 Å². The van der Waals surface area contributed by atoms with Crippen LogP contribution in [0.25, 0.3) is 0 Å². The molecular formula is C18H21F3N8. The van der Waals surface area contributed by atoms with Crippen LogP contribution in [0.4, 0.5) is 30.6 Å². The van der Waals surface area contributed by atoms with Gasteiger partial charge in [-0.2, -0.15) is 23.3 Å². The molecule has 11 heteroatoms. The molecule has 0 radical (unpaired) electrons. The number of rotatable bonds is 8. The van der Waals surface area contributed by atoms with Crippen LogP contribution < -0.4 is 10.6 Å². The molecule has 29 heavy (non-hydrogen) atoms. The maximum Gasteiger partial charge on any atom is 0.408 e. The molecule has 0 saturated heterocycles. The SMILES string of the molecule is Cc1nn(CC(F)(F)F)cc1Nc1ncc(C2CC2)c(NCCc2cnc[nH]2)n1. The minimum Gasteiger partial charge on any atom is -0.369 e. The van der Waals surface area contributed by atoms with Crippen molar-refractivity contribution >= 4 is 17.5 Å². The zero-order valence-corrected chi connectivity index (χ0v) is 15.8. The summed E-state index contributed by atoms with van der Waals surface area (Å²) in [6.07, 6.45) is 5.15. The van der Waals surface area contributed by atoms with Crippen molar-refractivity contribution in [2.75, 3.05) is 17.2 Å². The lowest BCUT2D eigenvalue weighted by atomic mass is 10.2. The number of aromatic nitrogens is 6. The summed E-state index contributed by atoms with van der Waals surface area (Å²) in [5.41, 5.74) is 2.96. The molecule has 0 bridgehead atoms. The third-order valence-electron chi connectivity index (χ3n) is 4.61. The van der Waals surface area contributed by atoms with Crippen molar-refractivity contribution in [3.8, 4) is 0 Å². The first-order valence-corrected chi connectivity index (χ1v) is 9.33. The second-order valence-electron chi connectivity index (χ2n) is 7.09. The zero-order chi connectivity index (χ0) is 20.4. The summed E-state index contributed by atoms with van der Waals surface area (Å²) < 4.78 is 38.6.